The van der Waals surface area contributed by atoms with Crippen molar-refractivity contribution >= 4 is 34.7 Å². The first-order chi connectivity index (χ1) is 10.2. The fourth-order valence-corrected chi connectivity index (χ4v) is 3.57. The highest BCUT2D eigenvalue weighted by Crippen LogP contribution is 2.39. The van der Waals surface area contributed by atoms with E-state index in [4.69, 9.17) is 0 Å². The van der Waals surface area contributed by atoms with Crippen LogP contribution in [0.25, 0.3) is 0 Å². The van der Waals surface area contributed by atoms with Gasteiger partial charge >= 0.3 is 5.51 Å². The van der Waals surface area contributed by atoms with Crippen LogP contribution in [0.1, 0.15) is 16.1 Å². The van der Waals surface area contributed by atoms with Crippen LogP contribution in [0, 0.1) is 13.8 Å². The number of thioether (sulfide) groups is 1. The molecule has 0 bridgehead atoms. The quantitative estimate of drug-likeness (QED) is 0.851. The highest BCUT2D eigenvalue weighted by molar-refractivity contribution is 8.01. The first kappa shape index (κ1) is 16.8. The number of hydrogen-bond donors (Lipinski definition) is 1. The number of thiazole rings is 1. The van der Waals surface area contributed by atoms with E-state index in [0.29, 0.717) is 16.3 Å². The molecule has 2 aromatic heterocycles. The van der Waals surface area contributed by atoms with Crippen LogP contribution in [0.15, 0.2) is 22.8 Å². The molecular weight excluding hydrogens is 335 g/mol. The Kier molecular flexibility index (Phi) is 5.07. The lowest BCUT2D eigenvalue weighted by Crippen LogP contribution is -2.15. The Morgan fingerprint density at radius 1 is 1.41 bits per heavy atom. The molecule has 1 amide bonds. The maximum atomic E-state index is 12.3. The van der Waals surface area contributed by atoms with Crippen molar-refractivity contribution in [3.63, 3.8) is 0 Å². The summed E-state index contributed by atoms with van der Waals surface area (Å²) in [6.07, 6.45) is 3.12. The number of aromatic nitrogens is 2. The molecule has 0 aromatic carbocycles. The van der Waals surface area contributed by atoms with Gasteiger partial charge in [0, 0.05) is 22.8 Å². The molecule has 0 saturated heterocycles. The fraction of sp³-hybridized carbons (Fsp3) is 0.308. The fourth-order valence-electron chi connectivity index (χ4n) is 1.64. The Hall–Kier alpha value is -1.61. The molecule has 0 spiro atoms. The Balaban J connectivity index is 2.04. The van der Waals surface area contributed by atoms with Gasteiger partial charge in [0.15, 0.2) is 4.34 Å². The molecule has 0 aliphatic rings. The second kappa shape index (κ2) is 6.66. The van der Waals surface area contributed by atoms with Crippen molar-refractivity contribution in [1.82, 2.24) is 9.97 Å². The molecular formula is C13H12F3N3OS2. The molecule has 0 atom stereocenters. The van der Waals surface area contributed by atoms with Gasteiger partial charge in [-0.15, -0.1) is 11.3 Å². The van der Waals surface area contributed by atoms with Gasteiger partial charge in [-0.25, -0.2) is 4.98 Å². The monoisotopic (exact) mass is 347 g/mol. The van der Waals surface area contributed by atoms with Gasteiger partial charge in [0.2, 0.25) is 5.91 Å². The Bertz CT molecular complexity index is 685. The van der Waals surface area contributed by atoms with Crippen molar-refractivity contribution < 1.29 is 18.0 Å². The predicted octanol–water partition coefficient (Wildman–Crippen LogP) is 3.95. The number of nitrogens with zero attached hydrogens (tertiary/aromatic N) is 2. The molecule has 2 aromatic rings. The number of hydrogen-bond acceptors (Lipinski definition) is 5. The number of carbonyl (C=O) groups excluding carboxylic acids is 1. The smallest absolute Gasteiger partial charge is 0.324 e. The van der Waals surface area contributed by atoms with Crippen molar-refractivity contribution in [3.05, 3.63) is 34.6 Å². The summed E-state index contributed by atoms with van der Waals surface area (Å²) in [6, 6.07) is 1.76. The number of halogens is 3. The summed E-state index contributed by atoms with van der Waals surface area (Å²) < 4.78 is 36.9. The van der Waals surface area contributed by atoms with Crippen molar-refractivity contribution in [1.29, 1.82) is 0 Å². The van der Waals surface area contributed by atoms with Crippen molar-refractivity contribution in [3.8, 4) is 0 Å². The molecule has 9 heteroatoms. The molecule has 2 heterocycles. The standard InChI is InChI=1S/C13H12F3N3OS2/c1-7-3-4-17-6-9(7)19-11(20)5-10-8(2)18-12(21-10)22-13(14,15)16/h3-4,6H,5H2,1-2H3,(H,19,20). The minimum Gasteiger partial charge on any atom is -0.324 e. The lowest BCUT2D eigenvalue weighted by Gasteiger charge is -2.06. The van der Waals surface area contributed by atoms with Crippen LogP contribution in [0.3, 0.4) is 0 Å². The summed E-state index contributed by atoms with van der Waals surface area (Å²) in [5, 5.41) is 2.69. The van der Waals surface area contributed by atoms with Gasteiger partial charge in [0.1, 0.15) is 0 Å². The SMILES string of the molecule is Cc1ccncc1NC(=O)Cc1sc(SC(F)(F)F)nc1C. The Morgan fingerprint density at radius 2 is 2.14 bits per heavy atom. The number of nitrogens with one attached hydrogen (secondary N) is 1. The third-order valence-electron chi connectivity index (χ3n) is 2.71. The molecule has 0 aliphatic carbocycles. The normalized spacial score (nSPS) is 11.5. The van der Waals surface area contributed by atoms with Gasteiger partial charge in [0.05, 0.1) is 24.0 Å². The summed E-state index contributed by atoms with van der Waals surface area (Å²) in [5.41, 5.74) is -2.50. The van der Waals surface area contributed by atoms with Gasteiger partial charge in [-0.3, -0.25) is 9.78 Å². The third kappa shape index (κ3) is 4.70. The zero-order valence-electron chi connectivity index (χ0n) is 11.7. The van der Waals surface area contributed by atoms with Crippen molar-refractivity contribution in [2.75, 3.05) is 5.32 Å². The predicted molar refractivity (Wildman–Crippen MR) is 80.1 cm³/mol. The Labute approximate surface area is 133 Å². The zero-order valence-corrected chi connectivity index (χ0v) is 13.3. The highest BCUT2D eigenvalue weighted by atomic mass is 32.2. The summed E-state index contributed by atoms with van der Waals surface area (Å²) in [6.45, 7) is 3.42. The molecule has 4 nitrogen and oxygen atoms in total. The van der Waals surface area contributed by atoms with Crippen molar-refractivity contribution in [2.24, 2.45) is 0 Å². The summed E-state index contributed by atoms with van der Waals surface area (Å²) >= 11 is 0.620. The average molecular weight is 347 g/mol. The van der Waals surface area contributed by atoms with E-state index in [2.05, 4.69) is 15.3 Å². The number of rotatable bonds is 4. The number of aryl methyl sites for hydroxylation is 2. The Morgan fingerprint density at radius 3 is 2.77 bits per heavy atom. The third-order valence-corrected chi connectivity index (χ3v) is 4.66. The summed E-state index contributed by atoms with van der Waals surface area (Å²) in [5.74, 6) is -0.314. The molecule has 0 saturated carbocycles. The number of pyridine rings is 1. The average Bonchev–Trinajstić information content (AvgIpc) is 2.70. The van der Waals surface area contributed by atoms with Crippen LogP contribution in [-0.4, -0.2) is 21.4 Å². The maximum absolute atomic E-state index is 12.3. The minimum absolute atomic E-state index is 0.0176. The number of alkyl halides is 3. The van der Waals surface area contributed by atoms with E-state index in [-0.39, 0.29) is 28.4 Å². The van der Waals surface area contributed by atoms with Crippen LogP contribution >= 0.6 is 23.1 Å². The summed E-state index contributed by atoms with van der Waals surface area (Å²) in [7, 11) is 0. The van der Waals surface area contributed by atoms with Gasteiger partial charge in [-0.05, 0) is 25.5 Å². The highest BCUT2D eigenvalue weighted by Gasteiger charge is 2.31. The number of amides is 1. The molecule has 22 heavy (non-hydrogen) atoms. The summed E-state index contributed by atoms with van der Waals surface area (Å²) in [4.78, 5) is 20.3. The maximum Gasteiger partial charge on any atom is 0.448 e. The van der Waals surface area contributed by atoms with E-state index in [9.17, 15) is 18.0 Å². The second-order valence-electron chi connectivity index (χ2n) is 4.45. The first-order valence-corrected chi connectivity index (χ1v) is 7.80. The van der Waals surface area contributed by atoms with E-state index < -0.39 is 5.51 Å². The van der Waals surface area contributed by atoms with Gasteiger partial charge in [-0.2, -0.15) is 13.2 Å². The van der Waals surface area contributed by atoms with Crippen LogP contribution in [0.2, 0.25) is 0 Å². The van der Waals surface area contributed by atoms with E-state index in [1.165, 1.54) is 6.20 Å². The lowest BCUT2D eigenvalue weighted by atomic mass is 10.2. The van der Waals surface area contributed by atoms with Crippen LogP contribution < -0.4 is 5.32 Å². The van der Waals surface area contributed by atoms with Gasteiger partial charge in [0.25, 0.3) is 0 Å². The number of carbonyl (C=O) groups is 1. The zero-order chi connectivity index (χ0) is 16.3. The van der Waals surface area contributed by atoms with E-state index in [1.807, 2.05) is 6.92 Å². The lowest BCUT2D eigenvalue weighted by molar-refractivity contribution is -0.115. The largest absolute Gasteiger partial charge is 0.448 e. The molecule has 0 radical (unpaired) electrons. The molecule has 2 rings (SSSR count). The van der Waals surface area contributed by atoms with E-state index in [1.54, 1.807) is 19.2 Å². The number of anilines is 1. The molecule has 0 fully saturated rings. The molecule has 0 unspecified atom stereocenters. The molecule has 0 aliphatic heterocycles. The first-order valence-electron chi connectivity index (χ1n) is 6.17. The van der Waals surface area contributed by atoms with Gasteiger partial charge in [-0.1, -0.05) is 0 Å². The molecule has 1 N–H and O–H groups in total. The van der Waals surface area contributed by atoms with Crippen molar-refractivity contribution in [2.45, 2.75) is 30.1 Å². The topological polar surface area (TPSA) is 54.9 Å². The van der Waals surface area contributed by atoms with E-state index >= 15 is 0 Å². The van der Waals surface area contributed by atoms with Crippen LogP contribution in [0.4, 0.5) is 18.9 Å². The van der Waals surface area contributed by atoms with E-state index in [0.717, 1.165) is 16.9 Å². The molecule has 118 valence electrons. The second-order valence-corrected chi connectivity index (χ2v) is 6.85. The van der Waals surface area contributed by atoms with Gasteiger partial charge < -0.3 is 5.32 Å². The van der Waals surface area contributed by atoms with Crippen LogP contribution in [0.5, 0.6) is 0 Å². The van der Waals surface area contributed by atoms with Crippen LogP contribution in [-0.2, 0) is 11.2 Å². The minimum atomic E-state index is -4.38.